The van der Waals surface area contributed by atoms with E-state index in [-0.39, 0.29) is 12.1 Å². The summed E-state index contributed by atoms with van der Waals surface area (Å²) in [6, 6.07) is 12.4. The van der Waals surface area contributed by atoms with Gasteiger partial charge in [0.05, 0.1) is 12.2 Å². The Morgan fingerprint density at radius 2 is 2.04 bits per heavy atom. The van der Waals surface area contributed by atoms with Crippen LogP contribution in [-0.4, -0.2) is 39.8 Å². The summed E-state index contributed by atoms with van der Waals surface area (Å²) < 4.78 is 1.76. The number of hydrogen-bond donors (Lipinski definition) is 2. The molecule has 0 bridgehead atoms. The maximum Gasteiger partial charge on any atom is 0.315 e. The third-order valence-electron chi connectivity index (χ3n) is 4.61. The Balaban J connectivity index is 1.46. The van der Waals surface area contributed by atoms with Crippen LogP contribution in [0.15, 0.2) is 42.6 Å². The van der Waals surface area contributed by atoms with Gasteiger partial charge in [-0.25, -0.2) is 4.79 Å². The smallest absolute Gasteiger partial charge is 0.315 e. The monoisotopic (exact) mass is 327 g/mol. The summed E-state index contributed by atoms with van der Waals surface area (Å²) in [4.78, 5) is 14.5. The van der Waals surface area contributed by atoms with Gasteiger partial charge in [-0.05, 0) is 17.5 Å². The fourth-order valence-corrected chi connectivity index (χ4v) is 3.19. The van der Waals surface area contributed by atoms with Gasteiger partial charge in [0, 0.05) is 38.9 Å². The SMILES string of the molecule is CC1CN(Cc2ccccc2)CC1NC(=O)NCc1ccnn1C. The van der Waals surface area contributed by atoms with Crippen LogP contribution in [0.1, 0.15) is 18.2 Å². The van der Waals surface area contributed by atoms with Crippen LogP contribution < -0.4 is 10.6 Å². The van der Waals surface area contributed by atoms with Gasteiger partial charge in [-0.1, -0.05) is 37.3 Å². The van der Waals surface area contributed by atoms with E-state index in [4.69, 9.17) is 0 Å². The first kappa shape index (κ1) is 16.5. The van der Waals surface area contributed by atoms with Crippen molar-refractivity contribution >= 4 is 6.03 Å². The van der Waals surface area contributed by atoms with Gasteiger partial charge < -0.3 is 10.6 Å². The Morgan fingerprint density at radius 3 is 2.75 bits per heavy atom. The molecular formula is C18H25N5O. The first-order valence-electron chi connectivity index (χ1n) is 8.39. The van der Waals surface area contributed by atoms with Crippen LogP contribution in [0, 0.1) is 5.92 Å². The molecule has 6 nitrogen and oxygen atoms in total. The minimum absolute atomic E-state index is 0.116. The molecule has 6 heteroatoms. The number of hydrogen-bond acceptors (Lipinski definition) is 3. The van der Waals surface area contributed by atoms with E-state index in [1.54, 1.807) is 10.9 Å². The molecule has 1 aromatic heterocycles. The van der Waals surface area contributed by atoms with E-state index in [0.29, 0.717) is 12.5 Å². The Labute approximate surface area is 142 Å². The number of benzene rings is 1. The highest BCUT2D eigenvalue weighted by Gasteiger charge is 2.30. The van der Waals surface area contributed by atoms with Gasteiger partial charge in [-0.3, -0.25) is 9.58 Å². The lowest BCUT2D eigenvalue weighted by atomic mass is 10.1. The average molecular weight is 327 g/mol. The van der Waals surface area contributed by atoms with Crippen molar-refractivity contribution in [2.24, 2.45) is 13.0 Å². The number of aromatic nitrogens is 2. The number of carbonyl (C=O) groups is 1. The molecule has 1 saturated heterocycles. The van der Waals surface area contributed by atoms with Crippen molar-refractivity contribution < 1.29 is 4.79 Å². The molecule has 1 fully saturated rings. The number of aryl methyl sites for hydroxylation is 1. The van der Waals surface area contributed by atoms with Crippen LogP contribution in [0.5, 0.6) is 0 Å². The highest BCUT2D eigenvalue weighted by Crippen LogP contribution is 2.18. The molecule has 3 rings (SSSR count). The second-order valence-electron chi connectivity index (χ2n) is 6.54. The van der Waals surface area contributed by atoms with Crippen molar-refractivity contribution in [2.75, 3.05) is 13.1 Å². The second-order valence-corrected chi connectivity index (χ2v) is 6.54. The topological polar surface area (TPSA) is 62.2 Å². The first-order valence-corrected chi connectivity index (χ1v) is 8.39. The normalized spacial score (nSPS) is 20.9. The van der Waals surface area contributed by atoms with Gasteiger partial charge in [-0.15, -0.1) is 0 Å². The van der Waals surface area contributed by atoms with E-state index in [0.717, 1.165) is 25.3 Å². The molecule has 2 aromatic rings. The Kier molecular flexibility index (Phi) is 5.15. The predicted octanol–water partition coefficient (Wildman–Crippen LogP) is 1.74. The molecule has 2 atom stereocenters. The predicted molar refractivity (Wildman–Crippen MR) is 93.3 cm³/mol. The zero-order chi connectivity index (χ0) is 16.9. The Hall–Kier alpha value is -2.34. The molecule has 2 unspecified atom stereocenters. The van der Waals surface area contributed by atoms with E-state index >= 15 is 0 Å². The molecule has 2 heterocycles. The summed E-state index contributed by atoms with van der Waals surface area (Å²) >= 11 is 0. The summed E-state index contributed by atoms with van der Waals surface area (Å²) in [5.74, 6) is 0.441. The molecular weight excluding hydrogens is 302 g/mol. The van der Waals surface area contributed by atoms with Crippen LogP contribution >= 0.6 is 0 Å². The van der Waals surface area contributed by atoms with Crippen molar-refractivity contribution in [3.8, 4) is 0 Å². The van der Waals surface area contributed by atoms with Gasteiger partial charge in [-0.2, -0.15) is 5.10 Å². The molecule has 0 saturated carbocycles. The molecule has 2 N–H and O–H groups in total. The van der Waals surface area contributed by atoms with E-state index < -0.39 is 0 Å². The molecule has 128 valence electrons. The zero-order valence-corrected chi connectivity index (χ0v) is 14.3. The van der Waals surface area contributed by atoms with Gasteiger partial charge >= 0.3 is 6.03 Å². The maximum absolute atomic E-state index is 12.1. The number of urea groups is 1. The molecule has 1 aliphatic rings. The number of amides is 2. The zero-order valence-electron chi connectivity index (χ0n) is 14.3. The fourth-order valence-electron chi connectivity index (χ4n) is 3.19. The van der Waals surface area contributed by atoms with Crippen LogP contribution in [0.4, 0.5) is 4.79 Å². The number of carbonyl (C=O) groups excluding carboxylic acids is 1. The van der Waals surface area contributed by atoms with Crippen molar-refractivity contribution in [3.63, 3.8) is 0 Å². The molecule has 0 spiro atoms. The first-order chi connectivity index (χ1) is 11.6. The minimum Gasteiger partial charge on any atom is -0.334 e. The molecule has 2 amide bonds. The average Bonchev–Trinajstić information content (AvgIpc) is 3.12. The Morgan fingerprint density at radius 1 is 1.25 bits per heavy atom. The van der Waals surface area contributed by atoms with Crippen molar-refractivity contribution in [2.45, 2.75) is 26.1 Å². The van der Waals surface area contributed by atoms with Crippen molar-refractivity contribution in [1.29, 1.82) is 0 Å². The third-order valence-corrected chi connectivity index (χ3v) is 4.61. The third kappa shape index (κ3) is 4.14. The van der Waals surface area contributed by atoms with Crippen molar-refractivity contribution in [3.05, 3.63) is 53.9 Å². The fraction of sp³-hybridized carbons (Fsp3) is 0.444. The lowest BCUT2D eigenvalue weighted by Gasteiger charge is -2.18. The van der Waals surface area contributed by atoms with Crippen molar-refractivity contribution in [1.82, 2.24) is 25.3 Å². The van der Waals surface area contributed by atoms with Crippen LogP contribution in [0.2, 0.25) is 0 Å². The van der Waals surface area contributed by atoms with Crippen LogP contribution in [0.3, 0.4) is 0 Å². The van der Waals surface area contributed by atoms with Crippen LogP contribution in [-0.2, 0) is 20.1 Å². The summed E-state index contributed by atoms with van der Waals surface area (Å²) in [7, 11) is 1.87. The largest absolute Gasteiger partial charge is 0.334 e. The molecule has 24 heavy (non-hydrogen) atoms. The number of nitrogens with one attached hydrogen (secondary N) is 2. The summed E-state index contributed by atoms with van der Waals surface area (Å²) in [6.07, 6.45) is 1.73. The summed E-state index contributed by atoms with van der Waals surface area (Å²) in [5.41, 5.74) is 2.29. The molecule has 0 radical (unpaired) electrons. The lowest BCUT2D eigenvalue weighted by Crippen LogP contribution is -2.45. The van der Waals surface area contributed by atoms with E-state index in [1.807, 2.05) is 19.2 Å². The second kappa shape index (κ2) is 7.49. The lowest BCUT2D eigenvalue weighted by molar-refractivity contribution is 0.234. The van der Waals surface area contributed by atoms with Gasteiger partial charge in [0.25, 0.3) is 0 Å². The standard InChI is InChI=1S/C18H25N5O/c1-14-11-23(12-15-6-4-3-5-7-15)13-17(14)21-18(24)19-10-16-8-9-20-22(16)2/h3-9,14,17H,10-13H2,1-2H3,(H2,19,21,24). The molecule has 1 aliphatic heterocycles. The van der Waals surface area contributed by atoms with Gasteiger partial charge in [0.2, 0.25) is 0 Å². The van der Waals surface area contributed by atoms with Gasteiger partial charge in [0.15, 0.2) is 0 Å². The highest BCUT2D eigenvalue weighted by atomic mass is 16.2. The number of likely N-dealkylation sites (tertiary alicyclic amines) is 1. The molecule has 0 aliphatic carbocycles. The highest BCUT2D eigenvalue weighted by molar-refractivity contribution is 5.74. The van der Waals surface area contributed by atoms with E-state index in [9.17, 15) is 4.79 Å². The quantitative estimate of drug-likeness (QED) is 0.879. The number of rotatable bonds is 5. The molecule has 1 aromatic carbocycles. The summed E-state index contributed by atoms with van der Waals surface area (Å²) in [6.45, 7) is 5.49. The summed E-state index contributed by atoms with van der Waals surface area (Å²) in [5, 5.41) is 10.1. The van der Waals surface area contributed by atoms with Crippen LogP contribution in [0.25, 0.3) is 0 Å². The minimum atomic E-state index is -0.116. The Bertz CT molecular complexity index is 669. The number of nitrogens with zero attached hydrogens (tertiary/aromatic N) is 3. The van der Waals surface area contributed by atoms with E-state index in [1.165, 1.54) is 5.56 Å². The van der Waals surface area contributed by atoms with Gasteiger partial charge in [0.1, 0.15) is 0 Å². The maximum atomic E-state index is 12.1. The van der Waals surface area contributed by atoms with E-state index in [2.05, 4.69) is 51.8 Å².